The van der Waals surface area contributed by atoms with Crippen molar-refractivity contribution in [3.05, 3.63) is 108 Å². The Morgan fingerprint density at radius 2 is 1.40 bits per heavy atom. The molecular formula is C24H25N. The third-order valence-electron chi connectivity index (χ3n) is 4.73. The summed E-state index contributed by atoms with van der Waals surface area (Å²) in [6.07, 6.45) is 14.7. The number of nitrogens with zero attached hydrogens (tertiary/aromatic N) is 1. The SMILES string of the molecule is CN1/C(=C/C=C/C=C/C=C/c2ccccc2)C(C)(C)c2ccccc21. The molecule has 126 valence electrons. The predicted molar refractivity (Wildman–Crippen MR) is 110 cm³/mol. The smallest absolute Gasteiger partial charge is 0.0447 e. The van der Waals surface area contributed by atoms with Crippen molar-refractivity contribution in [3.8, 4) is 0 Å². The topological polar surface area (TPSA) is 3.24 Å². The van der Waals surface area contributed by atoms with E-state index in [4.69, 9.17) is 0 Å². The summed E-state index contributed by atoms with van der Waals surface area (Å²) in [5, 5.41) is 0. The lowest BCUT2D eigenvalue weighted by Crippen LogP contribution is -2.22. The fraction of sp³-hybridized carbons (Fsp3) is 0.167. The van der Waals surface area contributed by atoms with Gasteiger partial charge in [0.15, 0.2) is 0 Å². The molecule has 0 aliphatic carbocycles. The number of likely N-dealkylation sites (N-methyl/N-ethyl adjacent to an activating group) is 1. The molecule has 0 fully saturated rings. The van der Waals surface area contributed by atoms with Gasteiger partial charge in [-0.3, -0.25) is 0 Å². The van der Waals surface area contributed by atoms with Gasteiger partial charge >= 0.3 is 0 Å². The maximum Gasteiger partial charge on any atom is 0.0447 e. The summed E-state index contributed by atoms with van der Waals surface area (Å²) in [6.45, 7) is 4.57. The van der Waals surface area contributed by atoms with Crippen molar-refractivity contribution in [3.63, 3.8) is 0 Å². The minimum atomic E-state index is 0.0343. The molecule has 2 aromatic carbocycles. The molecule has 1 nitrogen and oxygen atoms in total. The third-order valence-corrected chi connectivity index (χ3v) is 4.73. The second-order valence-corrected chi connectivity index (χ2v) is 6.79. The molecule has 0 aromatic heterocycles. The lowest BCUT2D eigenvalue weighted by atomic mass is 9.84. The average Bonchev–Trinajstić information content (AvgIpc) is 2.82. The van der Waals surface area contributed by atoms with E-state index in [0.29, 0.717) is 0 Å². The Hall–Kier alpha value is -2.80. The van der Waals surface area contributed by atoms with Crippen LogP contribution in [0.4, 0.5) is 5.69 Å². The van der Waals surface area contributed by atoms with E-state index in [2.05, 4.69) is 105 Å². The van der Waals surface area contributed by atoms with Crippen LogP contribution in [0.25, 0.3) is 6.08 Å². The normalized spacial score (nSPS) is 18.0. The Balaban J connectivity index is 1.67. The van der Waals surface area contributed by atoms with Gasteiger partial charge in [-0.05, 0) is 23.3 Å². The number of allylic oxidation sites excluding steroid dienone is 7. The van der Waals surface area contributed by atoms with Gasteiger partial charge in [-0.25, -0.2) is 0 Å². The first-order chi connectivity index (χ1) is 12.1. The van der Waals surface area contributed by atoms with E-state index < -0.39 is 0 Å². The van der Waals surface area contributed by atoms with Crippen LogP contribution in [0.2, 0.25) is 0 Å². The second-order valence-electron chi connectivity index (χ2n) is 6.79. The average molecular weight is 327 g/mol. The van der Waals surface area contributed by atoms with E-state index in [0.717, 1.165) is 0 Å². The summed E-state index contributed by atoms with van der Waals surface area (Å²) < 4.78 is 0. The van der Waals surface area contributed by atoms with Crippen LogP contribution in [0.5, 0.6) is 0 Å². The van der Waals surface area contributed by atoms with Crippen LogP contribution in [0.3, 0.4) is 0 Å². The van der Waals surface area contributed by atoms with E-state index in [1.807, 2.05) is 18.2 Å². The number of hydrogen-bond acceptors (Lipinski definition) is 1. The molecule has 0 bridgehead atoms. The van der Waals surface area contributed by atoms with Crippen LogP contribution in [0.1, 0.15) is 25.0 Å². The van der Waals surface area contributed by atoms with Crippen molar-refractivity contribution >= 4 is 11.8 Å². The zero-order valence-electron chi connectivity index (χ0n) is 15.2. The zero-order valence-corrected chi connectivity index (χ0v) is 15.2. The summed E-state index contributed by atoms with van der Waals surface area (Å²) in [7, 11) is 2.14. The van der Waals surface area contributed by atoms with Crippen molar-refractivity contribution in [1.82, 2.24) is 0 Å². The van der Waals surface area contributed by atoms with Crippen LogP contribution in [-0.2, 0) is 5.41 Å². The summed E-state index contributed by atoms with van der Waals surface area (Å²) in [4.78, 5) is 2.29. The van der Waals surface area contributed by atoms with Crippen LogP contribution >= 0.6 is 0 Å². The molecule has 0 saturated carbocycles. The molecule has 3 rings (SSSR count). The van der Waals surface area contributed by atoms with E-state index in [9.17, 15) is 0 Å². The summed E-state index contributed by atoms with van der Waals surface area (Å²) in [5.41, 5.74) is 5.25. The monoisotopic (exact) mass is 327 g/mol. The number of anilines is 1. The van der Waals surface area contributed by atoms with Gasteiger partial charge in [-0.1, -0.05) is 98.8 Å². The first-order valence-electron chi connectivity index (χ1n) is 8.71. The molecule has 0 radical (unpaired) electrons. The lowest BCUT2D eigenvalue weighted by Gasteiger charge is -2.23. The van der Waals surface area contributed by atoms with Crippen molar-refractivity contribution in [2.45, 2.75) is 19.3 Å². The fourth-order valence-electron chi connectivity index (χ4n) is 3.37. The molecule has 0 atom stereocenters. The van der Waals surface area contributed by atoms with E-state index in [1.165, 1.54) is 22.5 Å². The molecule has 2 aromatic rings. The molecule has 1 heterocycles. The maximum absolute atomic E-state index is 2.29. The van der Waals surface area contributed by atoms with Gasteiger partial charge in [0.25, 0.3) is 0 Å². The first-order valence-corrected chi connectivity index (χ1v) is 8.71. The summed E-state index contributed by atoms with van der Waals surface area (Å²) in [5.74, 6) is 0. The molecule has 0 unspecified atom stereocenters. The number of para-hydroxylation sites is 1. The molecule has 0 N–H and O–H groups in total. The zero-order chi connectivity index (χ0) is 17.7. The van der Waals surface area contributed by atoms with Crippen LogP contribution < -0.4 is 4.90 Å². The van der Waals surface area contributed by atoms with Crippen LogP contribution in [0.15, 0.2) is 96.8 Å². The lowest BCUT2D eigenvalue weighted by molar-refractivity contribution is 0.640. The molecule has 25 heavy (non-hydrogen) atoms. The fourth-order valence-corrected chi connectivity index (χ4v) is 3.37. The minimum absolute atomic E-state index is 0.0343. The molecule has 1 heteroatoms. The highest BCUT2D eigenvalue weighted by Crippen LogP contribution is 2.46. The van der Waals surface area contributed by atoms with Gasteiger partial charge in [-0.15, -0.1) is 0 Å². The Morgan fingerprint density at radius 1 is 0.760 bits per heavy atom. The van der Waals surface area contributed by atoms with Crippen molar-refractivity contribution < 1.29 is 0 Å². The van der Waals surface area contributed by atoms with E-state index >= 15 is 0 Å². The predicted octanol–water partition coefficient (Wildman–Crippen LogP) is 6.12. The standard InChI is InChI=1S/C24H25N/c1-24(2)21-17-12-13-18-22(21)25(3)23(24)19-11-6-4-5-8-14-20-15-9-7-10-16-20/h4-19H,1-3H3/b5-4+,11-6+,14-8+,23-19+. The van der Waals surface area contributed by atoms with Gasteiger partial charge in [0.2, 0.25) is 0 Å². The van der Waals surface area contributed by atoms with E-state index in [-0.39, 0.29) is 5.41 Å². The van der Waals surface area contributed by atoms with Crippen LogP contribution in [0, 0.1) is 0 Å². The molecular weight excluding hydrogens is 302 g/mol. The highest BCUT2D eigenvalue weighted by atomic mass is 15.2. The van der Waals surface area contributed by atoms with Crippen molar-refractivity contribution in [2.24, 2.45) is 0 Å². The minimum Gasteiger partial charge on any atom is -0.347 e. The van der Waals surface area contributed by atoms with Gasteiger partial charge < -0.3 is 4.90 Å². The largest absolute Gasteiger partial charge is 0.347 e. The van der Waals surface area contributed by atoms with Gasteiger partial charge in [-0.2, -0.15) is 0 Å². The Bertz CT molecular complexity index is 835. The number of fused-ring (bicyclic) bond motifs is 1. The quantitative estimate of drug-likeness (QED) is 0.611. The summed E-state index contributed by atoms with van der Waals surface area (Å²) in [6, 6.07) is 19.0. The first kappa shape index (κ1) is 17.0. The molecule has 0 saturated heterocycles. The van der Waals surface area contributed by atoms with Crippen molar-refractivity contribution in [2.75, 3.05) is 11.9 Å². The van der Waals surface area contributed by atoms with Crippen molar-refractivity contribution in [1.29, 1.82) is 0 Å². The number of benzene rings is 2. The molecule has 1 aliphatic heterocycles. The molecule has 1 aliphatic rings. The Labute approximate surface area is 151 Å². The summed E-state index contributed by atoms with van der Waals surface area (Å²) >= 11 is 0. The maximum atomic E-state index is 2.29. The molecule has 0 spiro atoms. The van der Waals surface area contributed by atoms with Gasteiger partial charge in [0.1, 0.15) is 0 Å². The highest BCUT2D eigenvalue weighted by Gasteiger charge is 2.37. The van der Waals surface area contributed by atoms with Gasteiger partial charge in [0, 0.05) is 23.8 Å². The van der Waals surface area contributed by atoms with Crippen LogP contribution in [-0.4, -0.2) is 7.05 Å². The second kappa shape index (κ2) is 7.40. The van der Waals surface area contributed by atoms with E-state index in [1.54, 1.807) is 0 Å². The Morgan fingerprint density at radius 3 is 2.16 bits per heavy atom. The number of hydrogen-bond donors (Lipinski definition) is 0. The third kappa shape index (κ3) is 3.66. The van der Waals surface area contributed by atoms with Gasteiger partial charge in [0.05, 0.1) is 0 Å². The Kier molecular flexibility index (Phi) is 5.04. The highest BCUT2D eigenvalue weighted by molar-refractivity contribution is 5.70. The number of rotatable bonds is 4. The molecule has 0 amide bonds.